The lowest BCUT2D eigenvalue weighted by molar-refractivity contribution is -0.108. The van der Waals surface area contributed by atoms with Gasteiger partial charge in [0.05, 0.1) is 12.7 Å². The van der Waals surface area contributed by atoms with Crippen molar-refractivity contribution in [2.24, 2.45) is 11.3 Å². The summed E-state index contributed by atoms with van der Waals surface area (Å²) in [5, 5.41) is 6.15. The van der Waals surface area contributed by atoms with Gasteiger partial charge in [0.25, 0.3) is 0 Å². The number of nitrogens with one attached hydrogen (secondary N) is 2. The Labute approximate surface area is 143 Å². The first kappa shape index (κ1) is 15.8. The highest BCUT2D eigenvalue weighted by molar-refractivity contribution is 5.74. The van der Waals surface area contributed by atoms with Crippen LogP contribution in [-0.2, 0) is 17.6 Å². The monoisotopic (exact) mass is 330 g/mol. The van der Waals surface area contributed by atoms with Gasteiger partial charge in [0.2, 0.25) is 0 Å². The lowest BCUT2D eigenvalue weighted by atomic mass is 9.57. The van der Waals surface area contributed by atoms with E-state index in [0.717, 1.165) is 38.2 Å². The van der Waals surface area contributed by atoms with Gasteiger partial charge in [-0.1, -0.05) is 26.0 Å². The van der Waals surface area contributed by atoms with Crippen molar-refractivity contribution < 1.29 is 14.3 Å². The minimum Gasteiger partial charge on any atom is -0.493 e. The molecule has 0 unspecified atom stereocenters. The van der Waals surface area contributed by atoms with Gasteiger partial charge in [0.15, 0.2) is 0 Å². The molecule has 2 N–H and O–H groups in total. The summed E-state index contributed by atoms with van der Waals surface area (Å²) in [6.45, 7) is 6.60. The van der Waals surface area contributed by atoms with Crippen molar-refractivity contribution in [3.63, 3.8) is 0 Å². The summed E-state index contributed by atoms with van der Waals surface area (Å²) >= 11 is 0. The molecule has 1 aromatic carbocycles. The van der Waals surface area contributed by atoms with E-state index in [1.165, 1.54) is 11.1 Å². The minimum atomic E-state index is -0.0667. The van der Waals surface area contributed by atoms with E-state index in [2.05, 4.69) is 36.6 Å². The fourth-order valence-electron chi connectivity index (χ4n) is 4.53. The van der Waals surface area contributed by atoms with Crippen LogP contribution in [-0.4, -0.2) is 37.9 Å². The van der Waals surface area contributed by atoms with Crippen LogP contribution in [0.15, 0.2) is 18.2 Å². The van der Waals surface area contributed by atoms with Crippen LogP contribution in [0.1, 0.15) is 31.4 Å². The SMILES string of the molecule is CC1(C)[C@H](NC(=O)NCCc2ccc3c(c2)CCO3)[C@@H]2CCO[C@H]21. The van der Waals surface area contributed by atoms with Gasteiger partial charge >= 0.3 is 6.03 Å². The molecular weight excluding hydrogens is 304 g/mol. The maximum atomic E-state index is 12.2. The lowest BCUT2D eigenvalue weighted by Gasteiger charge is -2.54. The Bertz CT molecular complexity index is 643. The van der Waals surface area contributed by atoms with Gasteiger partial charge in [0.1, 0.15) is 5.75 Å². The molecule has 2 amide bonds. The predicted octanol–water partition coefficient (Wildman–Crippen LogP) is 2.28. The molecule has 0 radical (unpaired) electrons. The molecule has 2 heterocycles. The molecule has 0 bridgehead atoms. The van der Waals surface area contributed by atoms with Gasteiger partial charge < -0.3 is 20.1 Å². The number of hydrogen-bond donors (Lipinski definition) is 2. The second-order valence-corrected chi connectivity index (χ2v) is 7.73. The molecule has 3 atom stereocenters. The summed E-state index contributed by atoms with van der Waals surface area (Å²) in [5.74, 6) is 1.48. The number of carbonyl (C=O) groups excluding carboxylic acids is 1. The normalized spacial score (nSPS) is 29.2. The van der Waals surface area contributed by atoms with Crippen LogP contribution < -0.4 is 15.4 Å². The van der Waals surface area contributed by atoms with Gasteiger partial charge in [-0.15, -0.1) is 0 Å². The van der Waals surface area contributed by atoms with Gasteiger partial charge in [-0.25, -0.2) is 4.79 Å². The number of hydrogen-bond acceptors (Lipinski definition) is 3. The molecular formula is C19H26N2O3. The van der Waals surface area contributed by atoms with E-state index in [0.29, 0.717) is 18.6 Å². The zero-order valence-electron chi connectivity index (χ0n) is 14.4. The van der Waals surface area contributed by atoms with Crippen LogP contribution in [0.5, 0.6) is 5.75 Å². The number of ether oxygens (including phenoxy) is 2. The molecule has 2 fully saturated rings. The Morgan fingerprint density at radius 3 is 3.08 bits per heavy atom. The number of carbonyl (C=O) groups is 1. The third-order valence-electron chi connectivity index (χ3n) is 5.84. The van der Waals surface area contributed by atoms with Crippen LogP contribution >= 0.6 is 0 Å². The third kappa shape index (κ3) is 2.65. The van der Waals surface area contributed by atoms with Crippen molar-refractivity contribution in [3.8, 4) is 5.75 Å². The van der Waals surface area contributed by atoms with Crippen molar-refractivity contribution in [2.45, 2.75) is 45.3 Å². The molecule has 130 valence electrons. The highest BCUT2D eigenvalue weighted by atomic mass is 16.5. The Kier molecular flexibility index (Phi) is 3.91. The standard InChI is InChI=1S/C19H26N2O3/c1-19(2)16(14-7-10-24-17(14)19)21-18(22)20-8-5-12-3-4-15-13(11-12)6-9-23-15/h3-4,11,14,16-17H,5-10H2,1-2H3,(H2,20,21,22)/t14-,16+,17+/m0/s1. The van der Waals surface area contributed by atoms with Gasteiger partial charge in [0, 0.05) is 36.9 Å². The van der Waals surface area contributed by atoms with E-state index in [9.17, 15) is 4.79 Å². The van der Waals surface area contributed by atoms with E-state index in [1.54, 1.807) is 0 Å². The fourth-order valence-corrected chi connectivity index (χ4v) is 4.53. The van der Waals surface area contributed by atoms with E-state index in [-0.39, 0.29) is 17.5 Å². The number of rotatable bonds is 4. The molecule has 0 aromatic heterocycles. The average molecular weight is 330 g/mol. The van der Waals surface area contributed by atoms with Gasteiger partial charge in [-0.2, -0.15) is 0 Å². The second kappa shape index (κ2) is 5.96. The van der Waals surface area contributed by atoms with E-state index < -0.39 is 0 Å². The van der Waals surface area contributed by atoms with Crippen molar-refractivity contribution in [1.82, 2.24) is 10.6 Å². The molecule has 4 rings (SSSR count). The quantitative estimate of drug-likeness (QED) is 0.890. The molecule has 1 aliphatic carbocycles. The highest BCUT2D eigenvalue weighted by Gasteiger charge is 2.59. The molecule has 1 aromatic rings. The first-order valence-corrected chi connectivity index (χ1v) is 8.96. The molecule has 0 spiro atoms. The second-order valence-electron chi connectivity index (χ2n) is 7.73. The molecule has 5 heteroatoms. The zero-order chi connectivity index (χ0) is 16.7. The third-order valence-corrected chi connectivity index (χ3v) is 5.84. The summed E-state index contributed by atoms with van der Waals surface area (Å²) in [5.41, 5.74) is 2.55. The van der Waals surface area contributed by atoms with Crippen LogP contribution in [0.2, 0.25) is 0 Å². The number of amides is 2. The van der Waals surface area contributed by atoms with Crippen LogP contribution in [0.4, 0.5) is 4.79 Å². The summed E-state index contributed by atoms with van der Waals surface area (Å²) in [4.78, 5) is 12.2. The van der Waals surface area contributed by atoms with Crippen molar-refractivity contribution in [3.05, 3.63) is 29.3 Å². The Morgan fingerprint density at radius 1 is 1.33 bits per heavy atom. The maximum absolute atomic E-state index is 12.2. The van der Waals surface area contributed by atoms with Crippen molar-refractivity contribution >= 4 is 6.03 Å². The van der Waals surface area contributed by atoms with Crippen molar-refractivity contribution in [2.75, 3.05) is 19.8 Å². The Hall–Kier alpha value is -1.75. The number of urea groups is 1. The predicted molar refractivity (Wildman–Crippen MR) is 91.3 cm³/mol. The first-order chi connectivity index (χ1) is 11.6. The van der Waals surface area contributed by atoms with E-state index >= 15 is 0 Å². The fraction of sp³-hybridized carbons (Fsp3) is 0.632. The summed E-state index contributed by atoms with van der Waals surface area (Å²) in [6, 6.07) is 6.45. The van der Waals surface area contributed by atoms with Gasteiger partial charge in [-0.3, -0.25) is 0 Å². The largest absolute Gasteiger partial charge is 0.493 e. The van der Waals surface area contributed by atoms with Crippen LogP contribution in [0.3, 0.4) is 0 Å². The Balaban J connectivity index is 1.25. The number of benzene rings is 1. The smallest absolute Gasteiger partial charge is 0.315 e. The molecule has 3 aliphatic rings. The van der Waals surface area contributed by atoms with Crippen LogP contribution in [0, 0.1) is 11.3 Å². The van der Waals surface area contributed by atoms with Crippen molar-refractivity contribution in [1.29, 1.82) is 0 Å². The summed E-state index contributed by atoms with van der Waals surface area (Å²) in [7, 11) is 0. The molecule has 24 heavy (non-hydrogen) atoms. The summed E-state index contributed by atoms with van der Waals surface area (Å²) < 4.78 is 11.3. The average Bonchev–Trinajstić information content (AvgIpc) is 3.20. The maximum Gasteiger partial charge on any atom is 0.315 e. The topological polar surface area (TPSA) is 59.6 Å². The van der Waals surface area contributed by atoms with Gasteiger partial charge in [-0.05, 0) is 30.0 Å². The van der Waals surface area contributed by atoms with E-state index in [1.807, 2.05) is 6.07 Å². The zero-order valence-corrected chi connectivity index (χ0v) is 14.4. The molecule has 1 saturated carbocycles. The van der Waals surface area contributed by atoms with E-state index in [4.69, 9.17) is 9.47 Å². The molecule has 5 nitrogen and oxygen atoms in total. The first-order valence-electron chi connectivity index (χ1n) is 8.96. The number of fused-ring (bicyclic) bond motifs is 2. The highest BCUT2D eigenvalue weighted by Crippen LogP contribution is 2.52. The Morgan fingerprint density at radius 2 is 2.21 bits per heavy atom. The van der Waals surface area contributed by atoms with Crippen LogP contribution in [0.25, 0.3) is 0 Å². The minimum absolute atomic E-state index is 0.0263. The molecule has 2 aliphatic heterocycles. The molecule has 1 saturated heterocycles. The summed E-state index contributed by atoms with van der Waals surface area (Å²) in [6.07, 6.45) is 3.18. The lowest BCUT2D eigenvalue weighted by Crippen LogP contribution is -2.67.